The van der Waals surface area contributed by atoms with Crippen molar-refractivity contribution in [1.82, 2.24) is 4.90 Å². The summed E-state index contributed by atoms with van der Waals surface area (Å²) in [5.74, 6) is 0.921. The van der Waals surface area contributed by atoms with Crippen molar-refractivity contribution in [2.24, 2.45) is 0 Å². The first-order chi connectivity index (χ1) is 16.2. The molecule has 6 nitrogen and oxygen atoms in total. The maximum Gasteiger partial charge on any atom is 0.255 e. The molecule has 1 saturated heterocycles. The van der Waals surface area contributed by atoms with Crippen LogP contribution in [0.4, 0.5) is 15.8 Å². The second-order valence-electron chi connectivity index (χ2n) is 8.21. The lowest BCUT2D eigenvalue weighted by molar-refractivity contribution is 0.102. The molecule has 7 heteroatoms. The molecular weight excluding hydrogens is 421 g/mol. The normalized spacial score (nSPS) is 15.8. The molecule has 0 aromatic heterocycles. The molecule has 2 aliphatic heterocycles. The zero-order valence-electron chi connectivity index (χ0n) is 18.3. The summed E-state index contributed by atoms with van der Waals surface area (Å²) in [4.78, 5) is 17.2. The highest BCUT2D eigenvalue weighted by Crippen LogP contribution is 2.31. The largest absolute Gasteiger partial charge is 0.486 e. The second kappa shape index (κ2) is 9.50. The SMILES string of the molecule is O=C(Nc1ccc(N2CCN(Cc3ccccc3F)CC2)cc1)c1ccc2c(c1)OCCO2. The molecule has 170 valence electrons. The van der Waals surface area contributed by atoms with Crippen LogP contribution in [0.15, 0.2) is 66.7 Å². The van der Waals surface area contributed by atoms with Crippen LogP contribution in [-0.4, -0.2) is 50.2 Å². The summed E-state index contributed by atoms with van der Waals surface area (Å²) in [5.41, 5.74) is 3.10. The van der Waals surface area contributed by atoms with Crippen LogP contribution in [0.25, 0.3) is 0 Å². The van der Waals surface area contributed by atoms with Crippen molar-refractivity contribution in [2.75, 3.05) is 49.6 Å². The van der Waals surface area contributed by atoms with Crippen molar-refractivity contribution in [3.8, 4) is 11.5 Å². The Kier molecular flexibility index (Phi) is 6.13. The number of amides is 1. The summed E-state index contributed by atoms with van der Waals surface area (Å²) >= 11 is 0. The molecule has 1 N–H and O–H groups in total. The van der Waals surface area contributed by atoms with Crippen LogP contribution >= 0.6 is 0 Å². The Bertz CT molecular complexity index is 1130. The number of rotatable bonds is 5. The van der Waals surface area contributed by atoms with E-state index in [1.807, 2.05) is 36.4 Å². The van der Waals surface area contributed by atoms with Gasteiger partial charge >= 0.3 is 0 Å². The fourth-order valence-electron chi connectivity index (χ4n) is 4.18. The molecule has 0 radical (unpaired) electrons. The lowest BCUT2D eigenvalue weighted by atomic mass is 10.1. The zero-order valence-corrected chi connectivity index (χ0v) is 18.3. The number of hydrogen-bond donors (Lipinski definition) is 1. The third-order valence-corrected chi connectivity index (χ3v) is 6.02. The minimum Gasteiger partial charge on any atom is -0.486 e. The van der Waals surface area contributed by atoms with Crippen LogP contribution in [0.3, 0.4) is 0 Å². The van der Waals surface area contributed by atoms with Crippen LogP contribution in [0.5, 0.6) is 11.5 Å². The summed E-state index contributed by atoms with van der Waals surface area (Å²) < 4.78 is 25.0. The van der Waals surface area contributed by atoms with Crippen molar-refractivity contribution in [3.63, 3.8) is 0 Å². The first kappa shape index (κ1) is 21.3. The molecule has 3 aromatic carbocycles. The second-order valence-corrected chi connectivity index (χ2v) is 8.21. The summed E-state index contributed by atoms with van der Waals surface area (Å²) in [6.45, 7) is 5.12. The van der Waals surface area contributed by atoms with Gasteiger partial charge in [0.25, 0.3) is 5.91 Å². The van der Waals surface area contributed by atoms with E-state index >= 15 is 0 Å². The third-order valence-electron chi connectivity index (χ3n) is 6.02. The van der Waals surface area contributed by atoms with E-state index in [1.165, 1.54) is 6.07 Å². The zero-order chi connectivity index (χ0) is 22.6. The number of nitrogens with one attached hydrogen (secondary N) is 1. The molecule has 1 fully saturated rings. The van der Waals surface area contributed by atoms with E-state index in [-0.39, 0.29) is 11.7 Å². The topological polar surface area (TPSA) is 54.0 Å². The van der Waals surface area contributed by atoms with E-state index in [2.05, 4.69) is 15.1 Å². The van der Waals surface area contributed by atoms with E-state index in [4.69, 9.17) is 9.47 Å². The van der Waals surface area contributed by atoms with Gasteiger partial charge in [0.15, 0.2) is 11.5 Å². The predicted molar refractivity (Wildman–Crippen MR) is 126 cm³/mol. The lowest BCUT2D eigenvalue weighted by Gasteiger charge is -2.36. The Balaban J connectivity index is 1.16. The Morgan fingerprint density at radius 3 is 2.36 bits per heavy atom. The fourth-order valence-corrected chi connectivity index (χ4v) is 4.18. The van der Waals surface area contributed by atoms with Gasteiger partial charge < -0.3 is 19.7 Å². The number of benzene rings is 3. The van der Waals surface area contributed by atoms with Crippen molar-refractivity contribution >= 4 is 17.3 Å². The average Bonchev–Trinajstić information content (AvgIpc) is 2.86. The molecule has 0 atom stereocenters. The number of carbonyl (C=O) groups is 1. The van der Waals surface area contributed by atoms with Crippen molar-refractivity contribution < 1.29 is 18.7 Å². The number of hydrogen-bond acceptors (Lipinski definition) is 5. The quantitative estimate of drug-likeness (QED) is 0.636. The Labute approximate surface area is 192 Å². The first-order valence-electron chi connectivity index (χ1n) is 11.2. The van der Waals surface area contributed by atoms with Gasteiger partial charge in [0.2, 0.25) is 0 Å². The van der Waals surface area contributed by atoms with Crippen LogP contribution < -0.4 is 19.7 Å². The van der Waals surface area contributed by atoms with E-state index < -0.39 is 0 Å². The molecule has 5 rings (SSSR count). The molecule has 0 aliphatic carbocycles. The van der Waals surface area contributed by atoms with Crippen LogP contribution in [0, 0.1) is 5.82 Å². The Hall–Kier alpha value is -3.58. The standard InChI is InChI=1S/C26H26FN3O3/c27-23-4-2-1-3-20(23)18-29-11-13-30(14-12-29)22-8-6-21(7-9-22)28-26(31)19-5-10-24-25(17-19)33-16-15-32-24/h1-10,17H,11-16,18H2,(H,28,31). The smallest absolute Gasteiger partial charge is 0.255 e. The van der Waals surface area contributed by atoms with Crippen molar-refractivity contribution in [2.45, 2.75) is 6.54 Å². The van der Waals surface area contributed by atoms with Gasteiger partial charge in [-0.3, -0.25) is 9.69 Å². The summed E-state index contributed by atoms with van der Waals surface area (Å²) in [7, 11) is 0. The molecule has 1 amide bonds. The van der Waals surface area contributed by atoms with Crippen LogP contribution in [-0.2, 0) is 6.54 Å². The van der Waals surface area contributed by atoms with Gasteiger partial charge in [0.1, 0.15) is 19.0 Å². The predicted octanol–water partition coefficient (Wildman–Crippen LogP) is 4.17. The van der Waals surface area contributed by atoms with Gasteiger partial charge in [0, 0.05) is 55.2 Å². The molecule has 2 aliphatic rings. The van der Waals surface area contributed by atoms with Gasteiger partial charge in [-0.25, -0.2) is 4.39 Å². The Morgan fingerprint density at radius 1 is 0.879 bits per heavy atom. The average molecular weight is 448 g/mol. The van der Waals surface area contributed by atoms with Crippen molar-refractivity contribution in [1.29, 1.82) is 0 Å². The highest BCUT2D eigenvalue weighted by Gasteiger charge is 2.19. The van der Waals surface area contributed by atoms with Crippen LogP contribution in [0.1, 0.15) is 15.9 Å². The molecule has 0 unspecified atom stereocenters. The maximum absolute atomic E-state index is 13.9. The number of carbonyl (C=O) groups excluding carboxylic acids is 1. The Morgan fingerprint density at radius 2 is 1.61 bits per heavy atom. The molecule has 0 saturated carbocycles. The highest BCUT2D eigenvalue weighted by atomic mass is 19.1. The minimum atomic E-state index is -0.193. The van der Waals surface area contributed by atoms with Gasteiger partial charge in [-0.2, -0.15) is 0 Å². The molecule has 33 heavy (non-hydrogen) atoms. The maximum atomic E-state index is 13.9. The van der Waals surface area contributed by atoms with E-state index in [0.29, 0.717) is 36.8 Å². The highest BCUT2D eigenvalue weighted by molar-refractivity contribution is 6.04. The summed E-state index contributed by atoms with van der Waals surface area (Å²) in [6, 6.07) is 20.0. The minimum absolute atomic E-state index is 0.145. The molecule has 3 aromatic rings. The van der Waals surface area contributed by atoms with Gasteiger partial charge in [0.05, 0.1) is 0 Å². The van der Waals surface area contributed by atoms with Crippen molar-refractivity contribution in [3.05, 3.63) is 83.7 Å². The number of halogens is 1. The number of piperazine rings is 1. The molecule has 0 spiro atoms. The molecule has 2 heterocycles. The van der Waals surface area contributed by atoms with Crippen LogP contribution in [0.2, 0.25) is 0 Å². The van der Waals surface area contributed by atoms with Gasteiger partial charge in [-0.15, -0.1) is 0 Å². The third kappa shape index (κ3) is 4.93. The summed E-state index contributed by atoms with van der Waals surface area (Å²) in [6.07, 6.45) is 0. The lowest BCUT2D eigenvalue weighted by Crippen LogP contribution is -2.46. The first-order valence-corrected chi connectivity index (χ1v) is 11.2. The molecular formula is C26H26FN3O3. The summed E-state index contributed by atoms with van der Waals surface area (Å²) in [5, 5.41) is 2.94. The number of anilines is 2. The van der Waals surface area contributed by atoms with Gasteiger partial charge in [-0.1, -0.05) is 18.2 Å². The molecule has 0 bridgehead atoms. The monoisotopic (exact) mass is 447 g/mol. The number of nitrogens with zero attached hydrogens (tertiary/aromatic N) is 2. The van der Waals surface area contributed by atoms with E-state index in [1.54, 1.807) is 24.3 Å². The fraction of sp³-hybridized carbons (Fsp3) is 0.269. The number of ether oxygens (including phenoxy) is 2. The van der Waals surface area contributed by atoms with Gasteiger partial charge in [-0.05, 0) is 48.5 Å². The number of fused-ring (bicyclic) bond motifs is 1. The van der Waals surface area contributed by atoms with E-state index in [0.717, 1.165) is 43.1 Å². The van der Waals surface area contributed by atoms with E-state index in [9.17, 15) is 9.18 Å².